The fraction of sp³-hybridized carbons (Fsp3) is 0.385. The maximum atomic E-state index is 3.69. The summed E-state index contributed by atoms with van der Waals surface area (Å²) in [6.45, 7) is 0.970. The molecular formula is C13H14BrNS2. The van der Waals surface area contributed by atoms with Gasteiger partial charge in [-0.1, -0.05) is 0 Å². The molecular weight excluding hydrogens is 314 g/mol. The first-order chi connectivity index (χ1) is 8.34. The molecule has 0 aliphatic heterocycles. The molecule has 17 heavy (non-hydrogen) atoms. The number of fused-ring (bicyclic) bond motifs is 1. The van der Waals surface area contributed by atoms with E-state index in [2.05, 4.69) is 44.1 Å². The molecule has 0 radical (unpaired) electrons. The lowest BCUT2D eigenvalue weighted by Gasteiger charge is -2.23. The molecule has 90 valence electrons. The van der Waals surface area contributed by atoms with Gasteiger partial charge < -0.3 is 5.32 Å². The summed E-state index contributed by atoms with van der Waals surface area (Å²) in [6, 6.07) is 4.97. The van der Waals surface area contributed by atoms with Gasteiger partial charge in [-0.3, -0.25) is 0 Å². The van der Waals surface area contributed by atoms with Gasteiger partial charge in [-0.2, -0.15) is 0 Å². The van der Waals surface area contributed by atoms with Crippen LogP contribution in [0.5, 0.6) is 0 Å². The van der Waals surface area contributed by atoms with Gasteiger partial charge >= 0.3 is 0 Å². The second kappa shape index (κ2) is 5.22. The number of thiophene rings is 2. The van der Waals surface area contributed by atoms with Gasteiger partial charge in [-0.25, -0.2) is 0 Å². The quantitative estimate of drug-likeness (QED) is 0.858. The van der Waals surface area contributed by atoms with Crippen molar-refractivity contribution in [1.82, 2.24) is 5.32 Å². The van der Waals surface area contributed by atoms with Crippen LogP contribution in [0.4, 0.5) is 0 Å². The monoisotopic (exact) mass is 327 g/mol. The molecule has 1 aliphatic rings. The Bertz CT molecular complexity index is 503. The molecule has 2 aromatic rings. The number of hydrogen-bond acceptors (Lipinski definition) is 3. The minimum Gasteiger partial charge on any atom is -0.305 e. The van der Waals surface area contributed by atoms with Crippen LogP contribution in [0, 0.1) is 0 Å². The molecule has 1 nitrogen and oxygen atoms in total. The van der Waals surface area contributed by atoms with Crippen molar-refractivity contribution in [2.75, 3.05) is 0 Å². The van der Waals surface area contributed by atoms with Crippen molar-refractivity contribution in [3.8, 4) is 0 Å². The third kappa shape index (κ3) is 2.50. The number of halogens is 1. The summed E-state index contributed by atoms with van der Waals surface area (Å²) in [5, 5.41) is 8.06. The average molecular weight is 328 g/mol. The highest BCUT2D eigenvalue weighted by atomic mass is 79.9. The molecule has 0 aromatic carbocycles. The smallest absolute Gasteiger partial charge is 0.0334 e. The first kappa shape index (κ1) is 11.9. The molecule has 0 amide bonds. The van der Waals surface area contributed by atoms with Crippen molar-refractivity contribution < 1.29 is 0 Å². The normalized spacial score (nSPS) is 19.2. The molecule has 0 saturated carbocycles. The van der Waals surface area contributed by atoms with Gasteiger partial charge in [0.15, 0.2) is 0 Å². The highest BCUT2D eigenvalue weighted by Crippen LogP contribution is 2.34. The van der Waals surface area contributed by atoms with Crippen LogP contribution in [0.25, 0.3) is 0 Å². The predicted molar refractivity (Wildman–Crippen MR) is 78.9 cm³/mol. The first-order valence-electron chi connectivity index (χ1n) is 5.86. The zero-order valence-corrected chi connectivity index (χ0v) is 12.6. The van der Waals surface area contributed by atoms with Gasteiger partial charge in [-0.05, 0) is 63.6 Å². The maximum Gasteiger partial charge on any atom is 0.0334 e. The summed E-state index contributed by atoms with van der Waals surface area (Å²) in [5.74, 6) is 0. The van der Waals surface area contributed by atoms with Gasteiger partial charge in [0, 0.05) is 26.8 Å². The van der Waals surface area contributed by atoms with Crippen molar-refractivity contribution in [2.24, 2.45) is 0 Å². The second-order valence-electron chi connectivity index (χ2n) is 4.32. The summed E-state index contributed by atoms with van der Waals surface area (Å²) < 4.78 is 1.23. The van der Waals surface area contributed by atoms with Gasteiger partial charge in [0.2, 0.25) is 0 Å². The highest BCUT2D eigenvalue weighted by Gasteiger charge is 2.20. The molecule has 4 heteroatoms. The van der Waals surface area contributed by atoms with Crippen LogP contribution in [0.1, 0.15) is 34.2 Å². The van der Waals surface area contributed by atoms with Crippen LogP contribution < -0.4 is 5.32 Å². The Morgan fingerprint density at radius 3 is 3.00 bits per heavy atom. The standard InChI is InChI=1S/C13H14BrNS2/c14-10-5-7-17-13(10)8-15-11-2-1-3-12-9(11)4-6-16-12/h4-7,11,15H,1-3,8H2. The molecule has 1 atom stereocenters. The van der Waals surface area contributed by atoms with E-state index < -0.39 is 0 Å². The Kier molecular flexibility index (Phi) is 3.66. The molecule has 0 fully saturated rings. The third-order valence-corrected chi connectivity index (χ3v) is 6.17. The van der Waals surface area contributed by atoms with E-state index >= 15 is 0 Å². The van der Waals surface area contributed by atoms with Gasteiger partial charge in [-0.15, -0.1) is 22.7 Å². The van der Waals surface area contributed by atoms with Crippen LogP contribution in [0.3, 0.4) is 0 Å². The van der Waals surface area contributed by atoms with Crippen LogP contribution in [0.2, 0.25) is 0 Å². The highest BCUT2D eigenvalue weighted by molar-refractivity contribution is 9.10. The minimum absolute atomic E-state index is 0.555. The Balaban J connectivity index is 1.70. The van der Waals surface area contributed by atoms with Gasteiger partial charge in [0.25, 0.3) is 0 Å². The van der Waals surface area contributed by atoms with Crippen LogP contribution >= 0.6 is 38.6 Å². The van der Waals surface area contributed by atoms with Crippen LogP contribution in [0.15, 0.2) is 27.4 Å². The Morgan fingerprint density at radius 1 is 1.29 bits per heavy atom. The van der Waals surface area contributed by atoms with Crippen LogP contribution in [-0.4, -0.2) is 0 Å². The predicted octanol–water partition coefficient (Wildman–Crippen LogP) is 4.74. The summed E-state index contributed by atoms with van der Waals surface area (Å²) in [4.78, 5) is 2.98. The molecule has 0 bridgehead atoms. The molecule has 1 unspecified atom stereocenters. The van der Waals surface area contributed by atoms with Crippen molar-refractivity contribution in [2.45, 2.75) is 31.8 Å². The molecule has 0 spiro atoms. The van der Waals surface area contributed by atoms with E-state index in [4.69, 9.17) is 0 Å². The molecule has 1 N–H and O–H groups in total. The molecule has 0 saturated heterocycles. The lowest BCUT2D eigenvalue weighted by molar-refractivity contribution is 0.464. The largest absolute Gasteiger partial charge is 0.305 e. The SMILES string of the molecule is Brc1ccsc1CNC1CCCc2sccc21. The maximum absolute atomic E-state index is 3.69. The Labute approximate surface area is 118 Å². The van der Waals surface area contributed by atoms with Crippen molar-refractivity contribution >= 4 is 38.6 Å². The lowest BCUT2D eigenvalue weighted by Crippen LogP contribution is -2.23. The number of rotatable bonds is 3. The third-order valence-electron chi connectivity index (χ3n) is 3.25. The lowest BCUT2D eigenvalue weighted by atomic mass is 9.94. The number of aryl methyl sites for hydroxylation is 1. The zero-order chi connectivity index (χ0) is 11.7. The second-order valence-corrected chi connectivity index (χ2v) is 7.17. The van der Waals surface area contributed by atoms with E-state index in [1.54, 1.807) is 4.88 Å². The molecule has 1 aliphatic carbocycles. The van der Waals surface area contributed by atoms with E-state index in [1.807, 2.05) is 22.7 Å². The average Bonchev–Trinajstić information content (AvgIpc) is 2.95. The topological polar surface area (TPSA) is 12.0 Å². The van der Waals surface area contributed by atoms with E-state index in [1.165, 1.54) is 34.2 Å². The first-order valence-corrected chi connectivity index (χ1v) is 8.41. The molecule has 2 aromatic heterocycles. The summed E-state index contributed by atoms with van der Waals surface area (Å²) in [6.07, 6.45) is 3.86. The van der Waals surface area contributed by atoms with Gasteiger partial charge in [0.05, 0.1) is 0 Å². The zero-order valence-electron chi connectivity index (χ0n) is 9.41. The summed E-state index contributed by atoms with van der Waals surface area (Å²) >= 11 is 7.31. The number of hydrogen-bond donors (Lipinski definition) is 1. The number of nitrogens with one attached hydrogen (secondary N) is 1. The Morgan fingerprint density at radius 2 is 2.18 bits per heavy atom. The van der Waals surface area contributed by atoms with E-state index in [9.17, 15) is 0 Å². The molecule has 2 heterocycles. The Hall–Kier alpha value is -0.160. The fourth-order valence-electron chi connectivity index (χ4n) is 2.37. The van der Waals surface area contributed by atoms with Crippen molar-refractivity contribution in [1.29, 1.82) is 0 Å². The van der Waals surface area contributed by atoms with E-state index in [0.29, 0.717) is 6.04 Å². The summed E-state index contributed by atoms with van der Waals surface area (Å²) in [7, 11) is 0. The molecule has 3 rings (SSSR count). The van der Waals surface area contributed by atoms with Crippen LogP contribution in [-0.2, 0) is 13.0 Å². The fourth-order valence-corrected chi connectivity index (χ4v) is 4.80. The van der Waals surface area contributed by atoms with Crippen molar-refractivity contribution in [3.63, 3.8) is 0 Å². The van der Waals surface area contributed by atoms with E-state index in [-0.39, 0.29) is 0 Å². The van der Waals surface area contributed by atoms with Crippen molar-refractivity contribution in [3.05, 3.63) is 42.7 Å². The summed E-state index contributed by atoms with van der Waals surface area (Å²) in [5.41, 5.74) is 1.54. The van der Waals surface area contributed by atoms with E-state index in [0.717, 1.165) is 6.54 Å². The minimum atomic E-state index is 0.555. The van der Waals surface area contributed by atoms with Gasteiger partial charge in [0.1, 0.15) is 0 Å².